The molecular weight excluding hydrogens is 246 g/mol. The first kappa shape index (κ1) is 16.3. The zero-order valence-corrected chi connectivity index (χ0v) is 14.0. The average molecular weight is 281 g/mol. The summed E-state index contributed by atoms with van der Waals surface area (Å²) in [4.78, 5) is 0. The van der Waals surface area contributed by atoms with Crippen molar-refractivity contribution in [3.63, 3.8) is 0 Å². The summed E-state index contributed by atoms with van der Waals surface area (Å²) in [6, 6.07) is 0. The van der Waals surface area contributed by atoms with Gasteiger partial charge in [-0.1, -0.05) is 40.5 Å². The van der Waals surface area contributed by atoms with Gasteiger partial charge in [0, 0.05) is 12.0 Å². The highest BCUT2D eigenvalue weighted by molar-refractivity contribution is 5.10. The second-order valence-electron chi connectivity index (χ2n) is 8.59. The molecular formula is C18H35NO. The van der Waals surface area contributed by atoms with E-state index in [4.69, 9.17) is 5.73 Å². The molecule has 0 aromatic heterocycles. The van der Waals surface area contributed by atoms with Gasteiger partial charge < -0.3 is 10.8 Å². The minimum Gasteiger partial charge on any atom is -0.389 e. The van der Waals surface area contributed by atoms with E-state index in [0.717, 1.165) is 31.6 Å². The molecule has 118 valence electrons. The molecule has 0 aromatic carbocycles. The van der Waals surface area contributed by atoms with Crippen LogP contribution in [0, 0.1) is 22.7 Å². The lowest BCUT2D eigenvalue weighted by molar-refractivity contribution is -0.129. The van der Waals surface area contributed by atoms with E-state index in [1.54, 1.807) is 0 Å². The van der Waals surface area contributed by atoms with Gasteiger partial charge in [-0.15, -0.1) is 0 Å². The van der Waals surface area contributed by atoms with E-state index in [-0.39, 0.29) is 10.8 Å². The van der Waals surface area contributed by atoms with Crippen LogP contribution in [0.25, 0.3) is 0 Å². The third kappa shape index (κ3) is 2.66. The predicted octanol–water partition coefficient (Wildman–Crippen LogP) is 4.11. The molecule has 2 rings (SSSR count). The first-order valence-corrected chi connectivity index (χ1v) is 8.71. The summed E-state index contributed by atoms with van der Waals surface area (Å²) in [7, 11) is 0. The Kier molecular flexibility index (Phi) is 4.57. The molecule has 0 bridgehead atoms. The third-order valence-electron chi connectivity index (χ3n) is 6.49. The van der Waals surface area contributed by atoms with E-state index in [9.17, 15) is 5.11 Å². The molecule has 0 heterocycles. The Labute approximate surface area is 125 Å². The van der Waals surface area contributed by atoms with Gasteiger partial charge in [-0.25, -0.2) is 0 Å². The van der Waals surface area contributed by atoms with Crippen LogP contribution in [0.4, 0.5) is 0 Å². The van der Waals surface area contributed by atoms with Crippen molar-refractivity contribution >= 4 is 0 Å². The van der Waals surface area contributed by atoms with Crippen LogP contribution >= 0.6 is 0 Å². The Morgan fingerprint density at radius 3 is 2.20 bits per heavy atom. The van der Waals surface area contributed by atoms with Gasteiger partial charge in [0.05, 0.1) is 5.60 Å². The van der Waals surface area contributed by atoms with Gasteiger partial charge >= 0.3 is 0 Å². The van der Waals surface area contributed by atoms with Crippen LogP contribution in [-0.2, 0) is 0 Å². The van der Waals surface area contributed by atoms with E-state index >= 15 is 0 Å². The zero-order chi connectivity index (χ0) is 15.0. The van der Waals surface area contributed by atoms with E-state index in [2.05, 4.69) is 27.7 Å². The van der Waals surface area contributed by atoms with Crippen LogP contribution in [0.2, 0.25) is 0 Å². The van der Waals surface area contributed by atoms with Gasteiger partial charge in [-0.3, -0.25) is 0 Å². The number of hydrogen-bond acceptors (Lipinski definition) is 2. The van der Waals surface area contributed by atoms with Crippen molar-refractivity contribution in [3.8, 4) is 0 Å². The lowest BCUT2D eigenvalue weighted by Crippen LogP contribution is -2.56. The van der Waals surface area contributed by atoms with Crippen molar-refractivity contribution in [1.29, 1.82) is 0 Å². The second-order valence-corrected chi connectivity index (χ2v) is 8.59. The van der Waals surface area contributed by atoms with Crippen LogP contribution in [0.15, 0.2) is 0 Å². The lowest BCUT2D eigenvalue weighted by Gasteiger charge is -2.51. The van der Waals surface area contributed by atoms with Gasteiger partial charge in [0.15, 0.2) is 0 Å². The molecule has 3 N–H and O–H groups in total. The maximum absolute atomic E-state index is 11.5. The highest BCUT2D eigenvalue weighted by Crippen LogP contribution is 2.59. The minimum atomic E-state index is -0.539. The molecule has 2 aliphatic carbocycles. The summed E-state index contributed by atoms with van der Waals surface area (Å²) in [5.41, 5.74) is 5.91. The van der Waals surface area contributed by atoms with Gasteiger partial charge in [-0.05, 0) is 55.8 Å². The standard InChI is InChI=1S/C18H35NO/c1-5-6-15-7-9-17(13-19,10-8-15)18(20)12-16(3,4)11-14(18)2/h14-15,20H,5-13,19H2,1-4H3. The van der Waals surface area contributed by atoms with Crippen molar-refractivity contribution in [2.75, 3.05) is 6.54 Å². The zero-order valence-electron chi connectivity index (χ0n) is 14.0. The Hall–Kier alpha value is -0.0800. The molecule has 2 saturated carbocycles. The summed E-state index contributed by atoms with van der Waals surface area (Å²) in [5.74, 6) is 1.25. The largest absolute Gasteiger partial charge is 0.389 e. The Morgan fingerprint density at radius 1 is 1.20 bits per heavy atom. The normalized spacial score (nSPS) is 44.7. The smallest absolute Gasteiger partial charge is 0.0746 e. The SMILES string of the molecule is CCCC1CCC(CN)(C2(O)CC(C)(C)CC2C)CC1. The summed E-state index contributed by atoms with van der Waals surface area (Å²) < 4.78 is 0. The molecule has 0 radical (unpaired) electrons. The molecule has 2 heteroatoms. The number of aliphatic hydroxyl groups is 1. The Balaban J connectivity index is 2.16. The van der Waals surface area contributed by atoms with Crippen molar-refractivity contribution in [2.24, 2.45) is 28.4 Å². The van der Waals surface area contributed by atoms with E-state index in [1.165, 1.54) is 25.7 Å². The van der Waals surface area contributed by atoms with Crippen molar-refractivity contribution < 1.29 is 5.11 Å². The number of nitrogens with two attached hydrogens (primary N) is 1. The van der Waals surface area contributed by atoms with Crippen LogP contribution < -0.4 is 5.73 Å². The molecule has 0 aromatic rings. The predicted molar refractivity (Wildman–Crippen MR) is 85.5 cm³/mol. The first-order valence-electron chi connectivity index (χ1n) is 8.71. The van der Waals surface area contributed by atoms with E-state index in [0.29, 0.717) is 12.5 Å². The fourth-order valence-corrected chi connectivity index (χ4v) is 5.42. The highest BCUT2D eigenvalue weighted by Gasteiger charge is 2.59. The molecule has 2 fully saturated rings. The summed E-state index contributed by atoms with van der Waals surface area (Å²) >= 11 is 0. The molecule has 20 heavy (non-hydrogen) atoms. The van der Waals surface area contributed by atoms with E-state index in [1.807, 2.05) is 0 Å². The molecule has 2 unspecified atom stereocenters. The molecule has 0 saturated heterocycles. The Bertz CT molecular complexity index is 330. The van der Waals surface area contributed by atoms with Gasteiger partial charge in [0.2, 0.25) is 0 Å². The number of rotatable bonds is 4. The van der Waals surface area contributed by atoms with Crippen molar-refractivity contribution in [3.05, 3.63) is 0 Å². The highest BCUT2D eigenvalue weighted by atomic mass is 16.3. The van der Waals surface area contributed by atoms with Gasteiger partial charge in [0.25, 0.3) is 0 Å². The molecule has 2 aliphatic rings. The summed E-state index contributed by atoms with van der Waals surface area (Å²) in [6.45, 7) is 9.77. The lowest BCUT2D eigenvalue weighted by atomic mass is 9.58. The maximum Gasteiger partial charge on any atom is 0.0746 e. The summed E-state index contributed by atoms with van der Waals surface area (Å²) in [6.07, 6.45) is 9.48. The molecule has 0 spiro atoms. The number of hydrogen-bond donors (Lipinski definition) is 2. The molecule has 2 nitrogen and oxygen atoms in total. The monoisotopic (exact) mass is 281 g/mol. The van der Waals surface area contributed by atoms with E-state index < -0.39 is 5.60 Å². The van der Waals surface area contributed by atoms with Crippen LogP contribution in [0.3, 0.4) is 0 Å². The van der Waals surface area contributed by atoms with Gasteiger partial charge in [0.1, 0.15) is 0 Å². The maximum atomic E-state index is 11.5. The first-order chi connectivity index (χ1) is 9.28. The Morgan fingerprint density at radius 2 is 1.80 bits per heavy atom. The molecule has 0 amide bonds. The average Bonchev–Trinajstić information content (AvgIpc) is 2.60. The topological polar surface area (TPSA) is 46.2 Å². The fraction of sp³-hybridized carbons (Fsp3) is 1.00. The van der Waals surface area contributed by atoms with Crippen LogP contribution in [0.5, 0.6) is 0 Å². The molecule has 2 atom stereocenters. The minimum absolute atomic E-state index is 0.0234. The summed E-state index contributed by atoms with van der Waals surface area (Å²) in [5, 5.41) is 11.5. The van der Waals surface area contributed by atoms with Crippen LogP contribution in [0.1, 0.15) is 79.1 Å². The third-order valence-corrected chi connectivity index (χ3v) is 6.49. The van der Waals surface area contributed by atoms with Crippen molar-refractivity contribution in [1.82, 2.24) is 0 Å². The molecule has 0 aliphatic heterocycles. The second kappa shape index (κ2) is 5.61. The fourth-order valence-electron chi connectivity index (χ4n) is 5.42. The van der Waals surface area contributed by atoms with Crippen molar-refractivity contribution in [2.45, 2.75) is 84.7 Å². The quantitative estimate of drug-likeness (QED) is 0.814. The van der Waals surface area contributed by atoms with Crippen LogP contribution in [-0.4, -0.2) is 17.3 Å². The van der Waals surface area contributed by atoms with Gasteiger partial charge in [-0.2, -0.15) is 0 Å².